The molecule has 0 fully saturated rings. The molecule has 4 aromatic carbocycles. The van der Waals surface area contributed by atoms with Gasteiger partial charge >= 0.3 is 0 Å². The largest absolute Gasteiger partial charge is 0.497 e. The third-order valence-corrected chi connectivity index (χ3v) is 9.31. The Kier molecular flexibility index (Phi) is 14.3. The maximum absolute atomic E-state index is 14.4. The van der Waals surface area contributed by atoms with E-state index < -0.39 is 23.9 Å². The van der Waals surface area contributed by atoms with Crippen LogP contribution in [0.5, 0.6) is 17.2 Å². The van der Waals surface area contributed by atoms with Gasteiger partial charge in [0.2, 0.25) is 5.91 Å². The molecule has 1 aliphatic rings. The minimum absolute atomic E-state index is 0.0240. The van der Waals surface area contributed by atoms with Crippen LogP contribution in [0.1, 0.15) is 68.4 Å². The van der Waals surface area contributed by atoms with Crippen molar-refractivity contribution in [3.63, 3.8) is 0 Å². The predicted octanol–water partition coefficient (Wildman–Crippen LogP) is 8.06. The molecule has 0 saturated carbocycles. The van der Waals surface area contributed by atoms with Crippen LogP contribution in [0.15, 0.2) is 84.9 Å². The van der Waals surface area contributed by atoms with Crippen molar-refractivity contribution in [3.8, 4) is 17.2 Å². The lowest BCUT2D eigenvalue weighted by molar-refractivity contribution is -0.138. The quantitative estimate of drug-likeness (QED) is 0.105. The molecule has 0 saturated heterocycles. The molecule has 2 N–H and O–H groups in total. The minimum atomic E-state index is -1.17. The van der Waals surface area contributed by atoms with Crippen LogP contribution in [0.25, 0.3) is 0 Å². The van der Waals surface area contributed by atoms with Gasteiger partial charge in [-0.3, -0.25) is 9.59 Å². The fourth-order valence-electron chi connectivity index (χ4n) is 6.44. The highest BCUT2D eigenvalue weighted by Crippen LogP contribution is 2.45. The van der Waals surface area contributed by atoms with Gasteiger partial charge in [-0.2, -0.15) is 0 Å². The average molecular weight is 760 g/mol. The van der Waals surface area contributed by atoms with Gasteiger partial charge in [-0.1, -0.05) is 74.8 Å². The summed E-state index contributed by atoms with van der Waals surface area (Å²) in [6, 6.07) is 25.3. The molecule has 4 aromatic rings. The molecule has 0 unspecified atom stereocenters. The number of nitrogens with one attached hydrogen (secondary N) is 2. The zero-order valence-corrected chi connectivity index (χ0v) is 32.5. The van der Waals surface area contributed by atoms with Crippen molar-refractivity contribution in [2.24, 2.45) is 5.41 Å². The summed E-state index contributed by atoms with van der Waals surface area (Å²) >= 11 is 6.59. The Morgan fingerprint density at radius 2 is 1.69 bits per heavy atom. The highest BCUT2D eigenvalue weighted by atomic mass is 35.5. The van der Waals surface area contributed by atoms with Gasteiger partial charge in [0.1, 0.15) is 23.8 Å². The number of anilines is 1. The minimum Gasteiger partial charge on any atom is -0.497 e. The highest BCUT2D eigenvalue weighted by Gasteiger charge is 2.40. The Bertz CT molecular complexity index is 1870. The number of amides is 2. The first-order valence-electron chi connectivity index (χ1n) is 18.4. The van der Waals surface area contributed by atoms with Gasteiger partial charge in [0.25, 0.3) is 5.91 Å². The van der Waals surface area contributed by atoms with Gasteiger partial charge in [-0.15, -0.1) is 0 Å². The maximum atomic E-state index is 14.4. The zero-order chi connectivity index (χ0) is 38.7. The number of hydrogen-bond acceptors (Lipinski definition) is 7. The lowest BCUT2D eigenvalue weighted by Crippen LogP contribution is -2.45. The zero-order valence-electron chi connectivity index (χ0n) is 31.8. The molecule has 54 heavy (non-hydrogen) atoms. The summed E-state index contributed by atoms with van der Waals surface area (Å²) in [5.41, 5.74) is 3.23. The number of rotatable bonds is 17. The van der Waals surface area contributed by atoms with Crippen LogP contribution in [0, 0.1) is 11.2 Å². The molecule has 9 nitrogen and oxygen atoms in total. The number of hydrogen-bond donors (Lipinski definition) is 2. The molecule has 0 spiro atoms. The second-order valence-corrected chi connectivity index (χ2v) is 15.0. The normalized spacial score (nSPS) is 15.7. The second kappa shape index (κ2) is 19.1. The fourth-order valence-corrected chi connectivity index (χ4v) is 6.63. The molecule has 5 rings (SSSR count). The van der Waals surface area contributed by atoms with E-state index in [1.165, 1.54) is 11.6 Å². The Morgan fingerprint density at radius 1 is 0.926 bits per heavy atom. The third-order valence-electron chi connectivity index (χ3n) is 9.07. The smallest absolute Gasteiger partial charge is 0.256 e. The van der Waals surface area contributed by atoms with Crippen LogP contribution >= 0.6 is 11.6 Å². The van der Waals surface area contributed by atoms with E-state index >= 15 is 0 Å². The molecule has 288 valence electrons. The van der Waals surface area contributed by atoms with Crippen LogP contribution in [-0.4, -0.2) is 58.4 Å². The number of ether oxygens (including phenoxy) is 4. The summed E-state index contributed by atoms with van der Waals surface area (Å²) in [7, 11) is 3.23. The number of halogens is 2. The molecule has 0 aliphatic carbocycles. The lowest BCUT2D eigenvalue weighted by Gasteiger charge is -2.31. The van der Waals surface area contributed by atoms with E-state index in [-0.39, 0.29) is 24.3 Å². The van der Waals surface area contributed by atoms with Crippen LogP contribution in [0.4, 0.5) is 10.1 Å². The lowest BCUT2D eigenvalue weighted by atomic mass is 9.94. The molecule has 0 bridgehead atoms. The number of carbonyl (C=O) groups is 2. The van der Waals surface area contributed by atoms with Crippen molar-refractivity contribution in [2.75, 3.05) is 45.4 Å². The Morgan fingerprint density at radius 3 is 2.41 bits per heavy atom. The molecule has 1 aliphatic heterocycles. The first-order chi connectivity index (χ1) is 26.0. The number of nitrogens with zero attached hydrogens (tertiary/aromatic N) is 1. The van der Waals surface area contributed by atoms with Gasteiger partial charge in [0.15, 0.2) is 11.5 Å². The monoisotopic (exact) mass is 759 g/mol. The summed E-state index contributed by atoms with van der Waals surface area (Å²) in [6.45, 7) is 8.57. The number of fused-ring (bicyclic) bond motifs is 1. The van der Waals surface area contributed by atoms with Crippen LogP contribution in [0.2, 0.25) is 5.02 Å². The molecular formula is C43H51ClFN3O6. The molecule has 2 amide bonds. The van der Waals surface area contributed by atoms with E-state index in [0.29, 0.717) is 52.1 Å². The first-order valence-corrected chi connectivity index (χ1v) is 18.7. The average Bonchev–Trinajstić information content (AvgIpc) is 3.25. The van der Waals surface area contributed by atoms with Crippen LogP contribution in [0.3, 0.4) is 0 Å². The first kappa shape index (κ1) is 40.5. The van der Waals surface area contributed by atoms with E-state index in [1.807, 2.05) is 57.2 Å². The summed E-state index contributed by atoms with van der Waals surface area (Å²) in [5.74, 6) is 0.613. The molecule has 2 atom stereocenters. The van der Waals surface area contributed by atoms with E-state index in [1.54, 1.807) is 49.5 Å². The topological polar surface area (TPSA) is 98.4 Å². The molecule has 0 radical (unpaired) electrons. The van der Waals surface area contributed by atoms with E-state index in [9.17, 15) is 14.0 Å². The summed E-state index contributed by atoms with van der Waals surface area (Å²) in [4.78, 5) is 29.4. The van der Waals surface area contributed by atoms with Crippen molar-refractivity contribution in [1.29, 1.82) is 0 Å². The van der Waals surface area contributed by atoms with E-state index in [2.05, 4.69) is 22.8 Å². The van der Waals surface area contributed by atoms with Crippen molar-refractivity contribution in [3.05, 3.63) is 118 Å². The summed E-state index contributed by atoms with van der Waals surface area (Å²) in [5, 5.41) is 6.71. The molecule has 1 heterocycles. The van der Waals surface area contributed by atoms with E-state index in [0.717, 1.165) is 38.1 Å². The van der Waals surface area contributed by atoms with Crippen molar-refractivity contribution in [2.45, 2.75) is 65.2 Å². The SMILES string of the molecule is COc1ccc(CCCNCCCOc2cccc([C@H]3O[C@H](CC(=O)NCc4ccccc4F)C(=O)N(CC(C)(C)C)c4ccc(Cl)cc43)c2OC)cc1. The number of carbonyl (C=O) groups excluding carboxylic acids is 2. The maximum Gasteiger partial charge on any atom is 0.256 e. The van der Waals surface area contributed by atoms with Crippen molar-refractivity contribution >= 4 is 29.1 Å². The van der Waals surface area contributed by atoms with Gasteiger partial charge in [0, 0.05) is 40.5 Å². The second-order valence-electron chi connectivity index (χ2n) is 14.5. The molecular weight excluding hydrogens is 709 g/mol. The highest BCUT2D eigenvalue weighted by molar-refractivity contribution is 6.30. The third kappa shape index (κ3) is 11.0. The molecule has 0 aromatic heterocycles. The summed E-state index contributed by atoms with van der Waals surface area (Å²) < 4.78 is 38.4. The Balaban J connectivity index is 1.32. The van der Waals surface area contributed by atoms with Gasteiger partial charge in [0.05, 0.1) is 27.2 Å². The van der Waals surface area contributed by atoms with Crippen molar-refractivity contribution in [1.82, 2.24) is 10.6 Å². The van der Waals surface area contributed by atoms with E-state index in [4.69, 9.17) is 30.5 Å². The van der Waals surface area contributed by atoms with Crippen LogP contribution in [-0.2, 0) is 27.3 Å². The number of benzene rings is 4. The van der Waals surface area contributed by atoms with Crippen molar-refractivity contribution < 1.29 is 32.9 Å². The van der Waals surface area contributed by atoms with Crippen LogP contribution < -0.4 is 29.7 Å². The number of methoxy groups -OCH3 is 2. The van der Waals surface area contributed by atoms with Gasteiger partial charge in [-0.05, 0) is 85.8 Å². The summed E-state index contributed by atoms with van der Waals surface area (Å²) in [6.07, 6.45) is 0.470. The predicted molar refractivity (Wildman–Crippen MR) is 210 cm³/mol. The standard InChI is InChI=1S/C43H51ClFN3O6/c1-43(2,3)28-48-36-21-18-31(44)25-34(36)40(54-38(42(48)50)26-39(49)47-27-30-12-6-7-14-35(30)45)33-13-8-15-37(41(33)52-5)53-24-10-23-46-22-9-11-29-16-19-32(51-4)20-17-29/h6-8,12-21,25,38,40,46H,9-11,22-24,26-28H2,1-5H3,(H,47,49)/t38-,40-/m1/s1. The van der Waals surface area contributed by atoms with Gasteiger partial charge in [-0.25, -0.2) is 4.39 Å². The number of aryl methyl sites for hydroxylation is 1. The van der Waals surface area contributed by atoms with Gasteiger partial charge < -0.3 is 34.5 Å². The Hall–Kier alpha value is -4.64. The Labute approximate surface area is 323 Å². The number of para-hydroxylation sites is 1. The fraction of sp³-hybridized carbons (Fsp3) is 0.395. The molecule has 11 heteroatoms.